The summed E-state index contributed by atoms with van der Waals surface area (Å²) < 4.78 is 13.7. The molecule has 0 bridgehead atoms. The van der Waals surface area contributed by atoms with Gasteiger partial charge < -0.3 is 10.2 Å². The Hall–Kier alpha value is -1.66. The molecule has 22 heavy (non-hydrogen) atoms. The van der Waals surface area contributed by atoms with E-state index in [0.29, 0.717) is 5.02 Å². The Kier molecular flexibility index (Phi) is 4.59. The number of thiazole rings is 1. The molecule has 116 valence electrons. The van der Waals surface area contributed by atoms with E-state index >= 15 is 0 Å². The highest BCUT2D eigenvalue weighted by atomic mass is 35.5. The molecule has 0 spiro atoms. The molecule has 0 atom stereocenters. The number of benzene rings is 1. The van der Waals surface area contributed by atoms with Gasteiger partial charge in [-0.3, -0.25) is 4.79 Å². The van der Waals surface area contributed by atoms with Gasteiger partial charge in [-0.25, -0.2) is 9.37 Å². The zero-order chi connectivity index (χ0) is 15.5. The Bertz CT molecular complexity index is 657. The number of nitrogens with one attached hydrogen (secondary N) is 1. The van der Waals surface area contributed by atoms with Crippen molar-refractivity contribution in [2.24, 2.45) is 5.92 Å². The predicted octanol–water partition coefficient (Wildman–Crippen LogP) is 3.79. The first kappa shape index (κ1) is 15.2. The molecular weight excluding hydrogens is 325 g/mol. The Morgan fingerprint density at radius 3 is 2.82 bits per heavy atom. The van der Waals surface area contributed by atoms with Gasteiger partial charge in [-0.1, -0.05) is 11.6 Å². The number of halogens is 2. The van der Waals surface area contributed by atoms with E-state index in [4.69, 9.17) is 11.6 Å². The van der Waals surface area contributed by atoms with E-state index in [1.807, 2.05) is 5.38 Å². The fourth-order valence-corrected chi connectivity index (χ4v) is 3.39. The van der Waals surface area contributed by atoms with Crippen LogP contribution in [0.2, 0.25) is 5.02 Å². The Balaban J connectivity index is 1.58. The van der Waals surface area contributed by atoms with Gasteiger partial charge in [0.25, 0.3) is 0 Å². The van der Waals surface area contributed by atoms with Crippen LogP contribution in [-0.4, -0.2) is 24.0 Å². The first-order valence-corrected chi connectivity index (χ1v) is 8.29. The van der Waals surface area contributed by atoms with Crippen molar-refractivity contribution >= 4 is 39.7 Å². The number of anilines is 2. The van der Waals surface area contributed by atoms with E-state index in [2.05, 4.69) is 15.2 Å². The number of aromatic nitrogens is 1. The SMILES string of the molecule is O=C(Nc1ccc(Cl)cc1F)C1CCN(c2nccs2)CC1. The van der Waals surface area contributed by atoms with Crippen LogP contribution in [0.5, 0.6) is 0 Å². The smallest absolute Gasteiger partial charge is 0.227 e. The summed E-state index contributed by atoms with van der Waals surface area (Å²) in [6.07, 6.45) is 3.25. The maximum atomic E-state index is 13.7. The number of hydrogen-bond donors (Lipinski definition) is 1. The summed E-state index contributed by atoms with van der Waals surface area (Å²) in [6.45, 7) is 1.57. The summed E-state index contributed by atoms with van der Waals surface area (Å²) in [6, 6.07) is 4.24. The maximum Gasteiger partial charge on any atom is 0.227 e. The minimum atomic E-state index is -0.513. The van der Waals surface area contributed by atoms with Crippen molar-refractivity contribution < 1.29 is 9.18 Å². The number of amides is 1. The van der Waals surface area contributed by atoms with Gasteiger partial charge in [0.05, 0.1) is 5.69 Å². The molecule has 0 saturated carbocycles. The summed E-state index contributed by atoms with van der Waals surface area (Å²) in [5, 5.41) is 5.90. The number of hydrogen-bond acceptors (Lipinski definition) is 4. The van der Waals surface area contributed by atoms with Crippen LogP contribution in [0.1, 0.15) is 12.8 Å². The van der Waals surface area contributed by atoms with Crippen molar-refractivity contribution in [3.8, 4) is 0 Å². The summed E-state index contributed by atoms with van der Waals surface area (Å²) >= 11 is 7.30. The van der Waals surface area contributed by atoms with Gasteiger partial charge in [-0.15, -0.1) is 11.3 Å². The molecule has 7 heteroatoms. The molecule has 1 aromatic heterocycles. The van der Waals surface area contributed by atoms with Crippen molar-refractivity contribution in [2.75, 3.05) is 23.3 Å². The van der Waals surface area contributed by atoms with Crippen LogP contribution in [0.15, 0.2) is 29.8 Å². The average molecular weight is 340 g/mol. The normalized spacial score (nSPS) is 15.8. The highest BCUT2D eigenvalue weighted by Crippen LogP contribution is 2.26. The minimum absolute atomic E-state index is 0.105. The average Bonchev–Trinajstić information content (AvgIpc) is 3.04. The fourth-order valence-electron chi connectivity index (χ4n) is 2.53. The second kappa shape index (κ2) is 6.62. The molecule has 4 nitrogen and oxygen atoms in total. The second-order valence-corrected chi connectivity index (χ2v) is 6.50. The van der Waals surface area contributed by atoms with E-state index in [9.17, 15) is 9.18 Å². The molecular formula is C15H15ClFN3OS. The van der Waals surface area contributed by atoms with E-state index in [0.717, 1.165) is 31.1 Å². The van der Waals surface area contributed by atoms with E-state index in [1.54, 1.807) is 23.6 Å². The topological polar surface area (TPSA) is 45.2 Å². The monoisotopic (exact) mass is 339 g/mol. The van der Waals surface area contributed by atoms with Gasteiger partial charge >= 0.3 is 0 Å². The third kappa shape index (κ3) is 3.39. The quantitative estimate of drug-likeness (QED) is 0.925. The maximum absolute atomic E-state index is 13.7. The highest BCUT2D eigenvalue weighted by Gasteiger charge is 2.26. The lowest BCUT2D eigenvalue weighted by Crippen LogP contribution is -2.38. The van der Waals surface area contributed by atoms with Gasteiger partial charge in [0.15, 0.2) is 5.13 Å². The van der Waals surface area contributed by atoms with Gasteiger partial charge in [0, 0.05) is 35.6 Å². The lowest BCUT2D eigenvalue weighted by Gasteiger charge is -2.31. The van der Waals surface area contributed by atoms with E-state index in [-0.39, 0.29) is 17.5 Å². The molecule has 0 unspecified atom stereocenters. The second-order valence-electron chi connectivity index (χ2n) is 5.19. The molecule has 0 aliphatic carbocycles. The van der Waals surface area contributed by atoms with Crippen LogP contribution in [0.4, 0.5) is 15.2 Å². The first-order valence-electron chi connectivity index (χ1n) is 7.04. The number of carbonyl (C=O) groups is 1. The van der Waals surface area contributed by atoms with Crippen LogP contribution in [-0.2, 0) is 4.79 Å². The largest absolute Gasteiger partial charge is 0.348 e. The lowest BCUT2D eigenvalue weighted by molar-refractivity contribution is -0.120. The molecule has 1 saturated heterocycles. The van der Waals surface area contributed by atoms with Gasteiger partial charge in [-0.05, 0) is 31.0 Å². The standard InChI is InChI=1S/C15H15ClFN3OS/c16-11-1-2-13(12(17)9-11)19-14(21)10-3-6-20(7-4-10)15-18-5-8-22-15/h1-2,5,8-10H,3-4,6-7H2,(H,19,21). The zero-order valence-corrected chi connectivity index (χ0v) is 13.3. The molecule has 1 aliphatic rings. The molecule has 3 rings (SSSR count). The minimum Gasteiger partial charge on any atom is -0.348 e. The van der Waals surface area contributed by atoms with Gasteiger partial charge in [0.2, 0.25) is 5.91 Å². The van der Waals surface area contributed by atoms with Crippen molar-refractivity contribution in [3.63, 3.8) is 0 Å². The molecule has 2 aromatic rings. The number of piperidine rings is 1. The van der Waals surface area contributed by atoms with Crippen molar-refractivity contribution in [3.05, 3.63) is 40.6 Å². The number of rotatable bonds is 3. The molecule has 1 aliphatic heterocycles. The summed E-state index contributed by atoms with van der Waals surface area (Å²) in [5.74, 6) is -0.757. The molecule has 1 aromatic carbocycles. The summed E-state index contributed by atoms with van der Waals surface area (Å²) in [5.41, 5.74) is 0.178. The van der Waals surface area contributed by atoms with Crippen molar-refractivity contribution in [2.45, 2.75) is 12.8 Å². The van der Waals surface area contributed by atoms with Gasteiger partial charge in [0.1, 0.15) is 5.82 Å². The predicted molar refractivity (Wildman–Crippen MR) is 87.1 cm³/mol. The van der Waals surface area contributed by atoms with Crippen molar-refractivity contribution in [1.82, 2.24) is 4.98 Å². The van der Waals surface area contributed by atoms with Crippen LogP contribution >= 0.6 is 22.9 Å². The Morgan fingerprint density at radius 2 is 2.18 bits per heavy atom. The highest BCUT2D eigenvalue weighted by molar-refractivity contribution is 7.13. The molecule has 1 amide bonds. The van der Waals surface area contributed by atoms with Crippen LogP contribution in [0.25, 0.3) is 0 Å². The zero-order valence-electron chi connectivity index (χ0n) is 11.8. The fraction of sp³-hybridized carbons (Fsp3) is 0.333. The molecule has 1 N–H and O–H groups in total. The molecule has 2 heterocycles. The Labute approximate surface area is 136 Å². The number of nitrogens with zero attached hydrogens (tertiary/aromatic N) is 2. The number of carbonyl (C=O) groups excluding carboxylic acids is 1. The first-order chi connectivity index (χ1) is 10.6. The van der Waals surface area contributed by atoms with Crippen molar-refractivity contribution in [1.29, 1.82) is 0 Å². The van der Waals surface area contributed by atoms with E-state index < -0.39 is 5.82 Å². The Morgan fingerprint density at radius 1 is 1.41 bits per heavy atom. The third-order valence-electron chi connectivity index (χ3n) is 3.74. The van der Waals surface area contributed by atoms with Crippen LogP contribution in [0.3, 0.4) is 0 Å². The third-order valence-corrected chi connectivity index (χ3v) is 4.81. The van der Waals surface area contributed by atoms with Crippen LogP contribution in [0, 0.1) is 11.7 Å². The van der Waals surface area contributed by atoms with E-state index in [1.165, 1.54) is 12.1 Å². The van der Waals surface area contributed by atoms with Gasteiger partial charge in [-0.2, -0.15) is 0 Å². The summed E-state index contributed by atoms with van der Waals surface area (Å²) in [4.78, 5) is 18.7. The summed E-state index contributed by atoms with van der Waals surface area (Å²) in [7, 11) is 0. The molecule has 0 radical (unpaired) electrons. The lowest BCUT2D eigenvalue weighted by atomic mass is 9.96. The molecule has 1 fully saturated rings. The van der Waals surface area contributed by atoms with Crippen LogP contribution < -0.4 is 10.2 Å².